The van der Waals surface area contributed by atoms with Crippen molar-refractivity contribution in [2.75, 3.05) is 0 Å². The second kappa shape index (κ2) is 16.7. The van der Waals surface area contributed by atoms with Gasteiger partial charge in [-0.05, 0) is 78.6 Å². The van der Waals surface area contributed by atoms with Crippen molar-refractivity contribution in [1.82, 2.24) is 0 Å². The molecule has 0 aliphatic heterocycles. The molecule has 0 aliphatic carbocycles. The van der Waals surface area contributed by atoms with Crippen LogP contribution in [0.1, 0.15) is 14.9 Å². The zero-order chi connectivity index (χ0) is 24.4. The summed E-state index contributed by atoms with van der Waals surface area (Å²) in [7, 11) is -8.65. The maximum Gasteiger partial charge on any atom is 0.170 e. The Morgan fingerprint density at radius 2 is 0.400 bits per heavy atom. The molecule has 0 aromatic rings. The van der Waals surface area contributed by atoms with Crippen LogP contribution in [-0.2, 0) is 8.23 Å². The Hall–Kier alpha value is 1.14. The third-order valence-corrected chi connectivity index (χ3v) is 11.0. The molecule has 10 heteroatoms. The molecule has 0 unspecified atom stereocenters. The van der Waals surface area contributed by atoms with Crippen LogP contribution in [0.2, 0.25) is 118 Å². The van der Waals surface area contributed by atoms with Gasteiger partial charge in [0, 0.05) is 0 Å². The average molecular weight is 535 g/mol. The normalized spacial score (nSPS) is 12.4. The van der Waals surface area contributed by atoms with E-state index in [1.807, 2.05) is 0 Å². The predicted octanol–water partition coefficient (Wildman–Crippen LogP) is 6.98. The first-order chi connectivity index (χ1) is 11.4. The van der Waals surface area contributed by atoms with Crippen molar-refractivity contribution < 1.29 is 17.8 Å². The minimum absolute atomic E-state index is 0. The minimum Gasteiger partial charge on any atom is -0.859 e. The molecule has 0 aromatic carbocycles. The summed E-state index contributed by atoms with van der Waals surface area (Å²) in [5.41, 5.74) is 0. The monoisotopic (exact) mass is 534 g/mol. The Morgan fingerprint density at radius 1 is 0.333 bits per heavy atom. The lowest BCUT2D eigenvalue weighted by atomic mass is 11.8. The van der Waals surface area contributed by atoms with Gasteiger partial charge in [-0.1, -0.05) is 70.8 Å². The van der Waals surface area contributed by atoms with Crippen molar-refractivity contribution in [3.8, 4) is 0 Å². The summed E-state index contributed by atoms with van der Waals surface area (Å²) in [6.07, 6.45) is 0. The highest BCUT2D eigenvalue weighted by atomic mass is 28.4. The molecule has 192 valence electrons. The highest BCUT2D eigenvalue weighted by Gasteiger charge is 2.24. The lowest BCUT2D eigenvalue weighted by Gasteiger charge is -2.27. The van der Waals surface area contributed by atoms with Gasteiger partial charge >= 0.3 is 0 Å². The third-order valence-electron chi connectivity index (χ3n) is 1.22. The van der Waals surface area contributed by atoms with Gasteiger partial charge in [-0.15, -0.1) is 0 Å². The van der Waals surface area contributed by atoms with Gasteiger partial charge in [0.2, 0.25) is 0 Å². The van der Waals surface area contributed by atoms with E-state index in [4.69, 9.17) is 8.23 Å². The van der Waals surface area contributed by atoms with Crippen LogP contribution < -0.4 is 9.59 Å². The van der Waals surface area contributed by atoms with E-state index in [0.29, 0.717) is 0 Å². The maximum absolute atomic E-state index is 10.2. The van der Waals surface area contributed by atoms with Gasteiger partial charge < -0.3 is 17.8 Å². The summed E-state index contributed by atoms with van der Waals surface area (Å²) in [5, 5.41) is 0. The molecule has 0 aliphatic rings. The Labute approximate surface area is 200 Å². The van der Waals surface area contributed by atoms with Crippen LogP contribution in [0.3, 0.4) is 0 Å². The van der Waals surface area contributed by atoms with Crippen LogP contribution in [0.5, 0.6) is 0 Å². The number of hydrogen-bond donors (Lipinski definition) is 0. The quantitative estimate of drug-likeness (QED) is 0.365. The standard InChI is InChI=1S/2C6H18OSi2.2C3H9OSi.2CH4/c2*1-8(2,3)7-9(4,5)6;2*1-5(2,3)4;;/h2*1-6H3;2*1-3H3;2*1H4/q;;2*-1;;. The van der Waals surface area contributed by atoms with E-state index in [2.05, 4.69) is 78.6 Å². The minimum atomic E-state index is -1.86. The van der Waals surface area contributed by atoms with E-state index in [9.17, 15) is 9.59 Å². The van der Waals surface area contributed by atoms with Gasteiger partial charge in [0.15, 0.2) is 33.3 Å². The lowest BCUT2D eigenvalue weighted by molar-refractivity contribution is -0.204. The van der Waals surface area contributed by atoms with Gasteiger partial charge in [-0.2, -0.15) is 0 Å². The van der Waals surface area contributed by atoms with Crippen molar-refractivity contribution in [1.29, 1.82) is 0 Å². The van der Waals surface area contributed by atoms with Crippen molar-refractivity contribution in [2.24, 2.45) is 0 Å². The van der Waals surface area contributed by atoms with Crippen LogP contribution in [0.25, 0.3) is 0 Å². The molecular formula is C20H62O4Si6-2. The molecule has 30 heavy (non-hydrogen) atoms. The molecule has 0 N–H and O–H groups in total. The fourth-order valence-corrected chi connectivity index (χ4v) is 16.5. The summed E-state index contributed by atoms with van der Waals surface area (Å²) < 4.78 is 11.8. The van der Waals surface area contributed by atoms with E-state index >= 15 is 0 Å². The molecule has 0 heterocycles. The van der Waals surface area contributed by atoms with Crippen molar-refractivity contribution >= 4 is 49.9 Å². The molecule has 0 bridgehead atoms. The smallest absolute Gasteiger partial charge is 0.170 e. The third kappa shape index (κ3) is 134. The summed E-state index contributed by atoms with van der Waals surface area (Å²) >= 11 is 0. The second-order valence-corrected chi connectivity index (χ2v) is 39.9. The number of hydrogen-bond acceptors (Lipinski definition) is 4. The molecule has 0 radical (unpaired) electrons. The largest absolute Gasteiger partial charge is 0.859 e. The molecule has 0 saturated heterocycles. The molecule has 0 rings (SSSR count). The van der Waals surface area contributed by atoms with E-state index in [1.165, 1.54) is 0 Å². The molecule has 0 atom stereocenters. The molecule has 0 fully saturated rings. The van der Waals surface area contributed by atoms with Crippen molar-refractivity contribution in [2.45, 2.75) is 133 Å². The molecule has 0 amide bonds. The van der Waals surface area contributed by atoms with Crippen LogP contribution in [0, 0.1) is 0 Å². The van der Waals surface area contributed by atoms with Crippen LogP contribution in [-0.4, -0.2) is 49.9 Å². The van der Waals surface area contributed by atoms with Crippen LogP contribution in [0.15, 0.2) is 0 Å². The van der Waals surface area contributed by atoms with E-state index in [0.717, 1.165) is 0 Å². The highest BCUT2D eigenvalue weighted by Crippen LogP contribution is 2.13. The maximum atomic E-state index is 10.2. The highest BCUT2D eigenvalue weighted by molar-refractivity contribution is 6.84. The second-order valence-electron chi connectivity index (χ2n) is 12.9. The summed E-state index contributed by atoms with van der Waals surface area (Å²) in [4.78, 5) is 20.5. The molecule has 0 spiro atoms. The zero-order valence-electron chi connectivity index (χ0n) is 22.6. The summed E-state index contributed by atoms with van der Waals surface area (Å²) in [6.45, 7) is 37.5. The van der Waals surface area contributed by atoms with E-state index in [1.54, 1.807) is 39.3 Å². The molecule has 0 aromatic heterocycles. The number of rotatable bonds is 4. The fourth-order valence-electron chi connectivity index (χ4n) is 1.84. The average Bonchev–Trinajstić information content (AvgIpc) is 1.95. The fraction of sp³-hybridized carbons (Fsp3) is 1.00. The molecular weight excluding hydrogens is 473 g/mol. The lowest BCUT2D eigenvalue weighted by Crippen LogP contribution is -2.39. The Kier molecular flexibility index (Phi) is 24.9. The van der Waals surface area contributed by atoms with Crippen LogP contribution >= 0.6 is 0 Å². The Balaban J connectivity index is -0.0000000649. The van der Waals surface area contributed by atoms with Crippen LogP contribution in [0.4, 0.5) is 0 Å². The predicted molar refractivity (Wildman–Crippen MR) is 156 cm³/mol. The van der Waals surface area contributed by atoms with Gasteiger partial charge in [-0.3, -0.25) is 0 Å². The summed E-state index contributed by atoms with van der Waals surface area (Å²) in [6, 6.07) is 0. The van der Waals surface area contributed by atoms with Crippen molar-refractivity contribution in [3.63, 3.8) is 0 Å². The SMILES string of the molecule is C.C.C[Si](C)(C)O[Si](C)(C)C.C[Si](C)(C)O[Si](C)(C)C.C[Si](C)(C)[O-].C[Si](C)(C)[O-]. The van der Waals surface area contributed by atoms with E-state index < -0.39 is 49.9 Å². The van der Waals surface area contributed by atoms with Crippen molar-refractivity contribution in [3.05, 3.63) is 0 Å². The first-order valence-electron chi connectivity index (χ1n) is 10.2. The van der Waals surface area contributed by atoms with Gasteiger partial charge in [0.25, 0.3) is 0 Å². The first kappa shape index (κ1) is 44.8. The molecule has 0 saturated carbocycles. The van der Waals surface area contributed by atoms with Gasteiger partial charge in [-0.25, -0.2) is 0 Å². The first-order valence-corrected chi connectivity index (χ1v) is 30.7. The topological polar surface area (TPSA) is 64.6 Å². The van der Waals surface area contributed by atoms with E-state index in [-0.39, 0.29) is 14.9 Å². The zero-order valence-corrected chi connectivity index (χ0v) is 28.6. The summed E-state index contributed by atoms with van der Waals surface area (Å²) in [5.74, 6) is 0. The van der Waals surface area contributed by atoms with Gasteiger partial charge in [0.1, 0.15) is 0 Å². The van der Waals surface area contributed by atoms with Gasteiger partial charge in [0.05, 0.1) is 0 Å². The Morgan fingerprint density at radius 3 is 0.400 bits per heavy atom. The Bertz CT molecular complexity index is 305. The molecule has 4 nitrogen and oxygen atoms in total.